The SMILES string of the molecule is Cc1cc(S)c(=O)n(C)c1C.Cc1cc(Sc2nc3ccccc3o2)c(=O)n(C)c1C.Clc1nc2ccccc2o1. The zero-order valence-corrected chi connectivity index (χ0v) is 25.9. The summed E-state index contributed by atoms with van der Waals surface area (Å²) < 4.78 is 13.9. The molecule has 0 amide bonds. The van der Waals surface area contributed by atoms with Crippen LogP contribution in [0.15, 0.2) is 94.1 Å². The van der Waals surface area contributed by atoms with Gasteiger partial charge in [-0.1, -0.05) is 24.3 Å². The molecular formula is C30H29ClN4O4S2. The zero-order chi connectivity index (χ0) is 29.8. The average molecular weight is 609 g/mol. The van der Waals surface area contributed by atoms with Gasteiger partial charge in [0, 0.05) is 25.5 Å². The topological polar surface area (TPSA) is 96.1 Å². The van der Waals surface area contributed by atoms with Crippen molar-refractivity contribution in [3.63, 3.8) is 0 Å². The maximum atomic E-state index is 12.2. The standard InChI is InChI=1S/C15H14N2O2S.C8H11NOS.C7H4ClNO/c1-9-8-13(14(18)17(3)10(9)2)20-15-16-11-6-4-5-7-12(11)19-15;1-5-4-7(11)8(10)9(3)6(5)2;8-7-9-5-3-1-2-4-6(5)10-7/h4-8H,1-3H3;4,11H,1-3H3;1-4H. The molecule has 0 aliphatic carbocycles. The van der Waals surface area contributed by atoms with Gasteiger partial charge in [0.05, 0.1) is 9.79 Å². The Bertz CT molecular complexity index is 1910. The second-order valence-corrected chi connectivity index (χ2v) is 11.1. The maximum Gasteiger partial charge on any atom is 0.293 e. The number of rotatable bonds is 2. The van der Waals surface area contributed by atoms with Crippen LogP contribution < -0.4 is 11.1 Å². The largest absolute Gasteiger partial charge is 0.431 e. The molecule has 0 bridgehead atoms. The fourth-order valence-corrected chi connectivity index (χ4v) is 5.25. The van der Waals surface area contributed by atoms with Crippen LogP contribution in [-0.2, 0) is 14.1 Å². The van der Waals surface area contributed by atoms with Crippen LogP contribution in [0.4, 0.5) is 0 Å². The summed E-state index contributed by atoms with van der Waals surface area (Å²) in [5.41, 5.74) is 7.13. The van der Waals surface area contributed by atoms with Gasteiger partial charge in [0.1, 0.15) is 11.0 Å². The summed E-state index contributed by atoms with van der Waals surface area (Å²) in [6, 6.07) is 18.7. The minimum absolute atomic E-state index is 0.0274. The third-order valence-electron chi connectivity index (χ3n) is 6.63. The Hall–Kier alpha value is -3.73. The van der Waals surface area contributed by atoms with E-state index in [4.69, 9.17) is 20.4 Å². The van der Waals surface area contributed by atoms with Crippen molar-refractivity contribution < 1.29 is 8.83 Å². The lowest BCUT2D eigenvalue weighted by molar-refractivity contribution is 0.489. The molecule has 41 heavy (non-hydrogen) atoms. The van der Waals surface area contributed by atoms with Crippen LogP contribution in [0.3, 0.4) is 0 Å². The molecule has 6 rings (SSSR count). The first-order chi connectivity index (χ1) is 19.5. The van der Waals surface area contributed by atoms with Crippen LogP contribution in [0, 0.1) is 27.7 Å². The van der Waals surface area contributed by atoms with Crippen LogP contribution in [0.2, 0.25) is 5.35 Å². The first-order valence-corrected chi connectivity index (χ1v) is 14.2. The highest BCUT2D eigenvalue weighted by Crippen LogP contribution is 2.28. The van der Waals surface area contributed by atoms with E-state index in [1.165, 1.54) is 11.8 Å². The van der Waals surface area contributed by atoms with E-state index < -0.39 is 0 Å². The highest BCUT2D eigenvalue weighted by atomic mass is 35.5. The average Bonchev–Trinajstić information content (AvgIpc) is 3.55. The number of fused-ring (bicyclic) bond motifs is 2. The van der Waals surface area contributed by atoms with Gasteiger partial charge in [0.25, 0.3) is 21.7 Å². The van der Waals surface area contributed by atoms with Gasteiger partial charge < -0.3 is 18.0 Å². The molecule has 0 saturated heterocycles. The fraction of sp³-hybridized carbons (Fsp3) is 0.200. The number of para-hydroxylation sites is 4. The number of benzene rings is 2. The van der Waals surface area contributed by atoms with Crippen molar-refractivity contribution in [2.45, 2.75) is 42.7 Å². The van der Waals surface area contributed by atoms with Gasteiger partial charge in [-0.25, -0.2) is 4.98 Å². The summed E-state index contributed by atoms with van der Waals surface area (Å²) in [6.45, 7) is 7.81. The molecule has 4 heterocycles. The molecule has 0 unspecified atom stereocenters. The van der Waals surface area contributed by atoms with Crippen LogP contribution in [0.5, 0.6) is 0 Å². The lowest BCUT2D eigenvalue weighted by Gasteiger charge is -2.08. The Morgan fingerprint density at radius 2 is 1.27 bits per heavy atom. The molecule has 0 aliphatic heterocycles. The molecular weight excluding hydrogens is 580 g/mol. The summed E-state index contributed by atoms with van der Waals surface area (Å²) in [4.78, 5) is 32.9. The minimum Gasteiger partial charge on any atom is -0.431 e. The monoisotopic (exact) mass is 608 g/mol. The van der Waals surface area contributed by atoms with Crippen LogP contribution in [0.1, 0.15) is 22.5 Å². The molecule has 2 aromatic carbocycles. The molecule has 0 saturated carbocycles. The molecule has 6 aromatic rings. The molecule has 11 heteroatoms. The Kier molecular flexibility index (Phi) is 9.47. The molecule has 0 fully saturated rings. The van der Waals surface area contributed by atoms with Gasteiger partial charge in [0.2, 0.25) is 0 Å². The number of aromatic nitrogens is 4. The lowest BCUT2D eigenvalue weighted by Crippen LogP contribution is -2.21. The van der Waals surface area contributed by atoms with E-state index in [9.17, 15) is 9.59 Å². The number of nitrogens with zero attached hydrogens (tertiary/aromatic N) is 4. The van der Waals surface area contributed by atoms with Gasteiger partial charge >= 0.3 is 0 Å². The van der Waals surface area contributed by atoms with Gasteiger partial charge in [0.15, 0.2) is 11.2 Å². The second kappa shape index (κ2) is 12.8. The number of hydrogen-bond donors (Lipinski definition) is 1. The predicted molar refractivity (Wildman–Crippen MR) is 167 cm³/mol. The quantitative estimate of drug-likeness (QED) is 0.210. The number of hydrogen-bond acceptors (Lipinski definition) is 8. The van der Waals surface area contributed by atoms with Crippen molar-refractivity contribution in [1.29, 1.82) is 0 Å². The van der Waals surface area contributed by atoms with Gasteiger partial charge in [-0.3, -0.25) is 9.59 Å². The van der Waals surface area contributed by atoms with Crippen molar-refractivity contribution in [3.8, 4) is 0 Å². The molecule has 0 aliphatic rings. The van der Waals surface area contributed by atoms with Crippen molar-refractivity contribution in [1.82, 2.24) is 19.1 Å². The van der Waals surface area contributed by atoms with Gasteiger partial charge in [-0.05, 0) is 98.6 Å². The van der Waals surface area contributed by atoms with E-state index in [-0.39, 0.29) is 16.5 Å². The summed E-state index contributed by atoms with van der Waals surface area (Å²) in [7, 11) is 3.53. The van der Waals surface area contributed by atoms with E-state index in [1.54, 1.807) is 29.3 Å². The third-order valence-corrected chi connectivity index (χ3v) is 7.97. The van der Waals surface area contributed by atoms with Gasteiger partial charge in [-0.2, -0.15) is 4.98 Å². The normalized spacial score (nSPS) is 10.7. The van der Waals surface area contributed by atoms with E-state index in [0.29, 0.717) is 15.0 Å². The number of halogens is 1. The number of pyridine rings is 2. The van der Waals surface area contributed by atoms with Gasteiger partial charge in [-0.15, -0.1) is 12.6 Å². The summed E-state index contributed by atoms with van der Waals surface area (Å²) in [5.74, 6) is 0. The third kappa shape index (κ3) is 6.95. The molecule has 0 spiro atoms. The molecule has 4 aromatic heterocycles. The first-order valence-electron chi connectivity index (χ1n) is 12.5. The number of aryl methyl sites for hydroxylation is 2. The molecule has 8 nitrogen and oxygen atoms in total. The molecule has 212 valence electrons. The first kappa shape index (κ1) is 30.2. The van der Waals surface area contributed by atoms with Crippen LogP contribution >= 0.6 is 36.0 Å². The van der Waals surface area contributed by atoms with E-state index in [1.807, 2.05) is 82.3 Å². The zero-order valence-electron chi connectivity index (χ0n) is 23.4. The van der Waals surface area contributed by atoms with E-state index in [2.05, 4.69) is 22.6 Å². The Morgan fingerprint density at radius 1 is 0.756 bits per heavy atom. The Balaban J connectivity index is 0.000000156. The van der Waals surface area contributed by atoms with Crippen molar-refractivity contribution in [2.75, 3.05) is 0 Å². The molecule has 0 atom stereocenters. The van der Waals surface area contributed by atoms with Crippen molar-refractivity contribution in [3.05, 3.63) is 109 Å². The minimum atomic E-state index is -0.0311. The highest BCUT2D eigenvalue weighted by molar-refractivity contribution is 7.99. The van der Waals surface area contributed by atoms with Crippen LogP contribution in [0.25, 0.3) is 22.2 Å². The van der Waals surface area contributed by atoms with Crippen LogP contribution in [-0.4, -0.2) is 19.1 Å². The fourth-order valence-electron chi connectivity index (χ4n) is 3.81. The predicted octanol–water partition coefficient (Wildman–Crippen LogP) is 7.07. The second-order valence-electron chi connectivity index (χ2n) is 9.29. The smallest absolute Gasteiger partial charge is 0.293 e. The summed E-state index contributed by atoms with van der Waals surface area (Å²) >= 11 is 10.8. The number of oxazole rings is 2. The Labute approximate surface area is 251 Å². The molecule has 0 N–H and O–H groups in total. The maximum absolute atomic E-state index is 12.2. The Morgan fingerprint density at radius 3 is 1.85 bits per heavy atom. The summed E-state index contributed by atoms with van der Waals surface area (Å²) in [5, 5.41) is 0.688. The van der Waals surface area contributed by atoms with Crippen molar-refractivity contribution in [2.24, 2.45) is 14.1 Å². The number of thiol groups is 1. The van der Waals surface area contributed by atoms with Crippen molar-refractivity contribution >= 4 is 58.2 Å². The summed E-state index contributed by atoms with van der Waals surface area (Å²) in [6.07, 6.45) is 0. The highest BCUT2D eigenvalue weighted by Gasteiger charge is 2.12. The molecule has 0 radical (unpaired) electrons. The van der Waals surface area contributed by atoms with E-state index in [0.717, 1.165) is 44.7 Å². The lowest BCUT2D eigenvalue weighted by atomic mass is 10.2. The van der Waals surface area contributed by atoms with E-state index >= 15 is 0 Å².